The predicted molar refractivity (Wildman–Crippen MR) is 62.7 cm³/mol. The Labute approximate surface area is 93.6 Å². The van der Waals surface area contributed by atoms with Crippen LogP contribution in [-0.2, 0) is 4.74 Å². The number of rotatable bonds is 4. The maximum absolute atomic E-state index is 6.37. The summed E-state index contributed by atoms with van der Waals surface area (Å²) < 4.78 is 5.81. The Morgan fingerprint density at radius 3 is 2.67 bits per heavy atom. The number of hydrogen-bond acceptors (Lipinski definition) is 2. The van der Waals surface area contributed by atoms with Crippen LogP contribution in [0, 0.1) is 11.8 Å². The fourth-order valence-corrected chi connectivity index (χ4v) is 3.14. The maximum Gasteiger partial charge on any atom is 0.0831 e. The second kappa shape index (κ2) is 4.42. The summed E-state index contributed by atoms with van der Waals surface area (Å²) in [6.45, 7) is 2.33. The summed E-state index contributed by atoms with van der Waals surface area (Å²) >= 11 is 0. The molecule has 0 heterocycles. The molecule has 15 heavy (non-hydrogen) atoms. The van der Waals surface area contributed by atoms with Gasteiger partial charge in [0.25, 0.3) is 0 Å². The van der Waals surface area contributed by atoms with Gasteiger partial charge in [0.15, 0.2) is 0 Å². The van der Waals surface area contributed by atoms with Crippen molar-refractivity contribution < 1.29 is 4.74 Å². The second-order valence-corrected chi connectivity index (χ2v) is 5.76. The SMILES string of the molecule is COC1(C(N)CC2CC2)CCCC(C)C1. The third kappa shape index (κ3) is 2.54. The van der Waals surface area contributed by atoms with E-state index in [1.165, 1.54) is 38.5 Å². The molecule has 0 radical (unpaired) electrons. The molecule has 2 N–H and O–H groups in total. The van der Waals surface area contributed by atoms with Gasteiger partial charge in [0.2, 0.25) is 0 Å². The van der Waals surface area contributed by atoms with E-state index in [4.69, 9.17) is 10.5 Å². The largest absolute Gasteiger partial charge is 0.377 e. The zero-order chi connectivity index (χ0) is 10.9. The van der Waals surface area contributed by atoms with Crippen LogP contribution in [0.5, 0.6) is 0 Å². The molecule has 2 aliphatic carbocycles. The first-order valence-corrected chi connectivity index (χ1v) is 6.47. The number of methoxy groups -OCH3 is 1. The molecule has 2 aliphatic rings. The Kier molecular flexibility index (Phi) is 3.36. The van der Waals surface area contributed by atoms with Crippen LogP contribution in [0.1, 0.15) is 51.9 Å². The molecule has 2 nitrogen and oxygen atoms in total. The minimum absolute atomic E-state index is 0.000255. The van der Waals surface area contributed by atoms with Crippen LogP contribution in [0.25, 0.3) is 0 Å². The molecule has 0 aromatic heterocycles. The molecule has 2 rings (SSSR count). The van der Waals surface area contributed by atoms with Crippen molar-refractivity contribution in [2.45, 2.75) is 63.5 Å². The number of hydrogen-bond donors (Lipinski definition) is 1. The van der Waals surface area contributed by atoms with Crippen LogP contribution in [0.4, 0.5) is 0 Å². The molecule has 2 heteroatoms. The van der Waals surface area contributed by atoms with Crippen molar-refractivity contribution in [1.82, 2.24) is 0 Å². The molecule has 0 saturated heterocycles. The predicted octanol–water partition coefficient (Wildman–Crippen LogP) is 2.71. The van der Waals surface area contributed by atoms with Gasteiger partial charge in [-0.3, -0.25) is 0 Å². The second-order valence-electron chi connectivity index (χ2n) is 5.76. The third-order valence-electron chi connectivity index (χ3n) is 4.36. The number of ether oxygens (including phenoxy) is 1. The lowest BCUT2D eigenvalue weighted by molar-refractivity contribution is -0.0732. The van der Waals surface area contributed by atoms with E-state index in [-0.39, 0.29) is 11.6 Å². The van der Waals surface area contributed by atoms with E-state index in [9.17, 15) is 0 Å². The van der Waals surface area contributed by atoms with E-state index in [0.717, 1.165) is 18.3 Å². The zero-order valence-electron chi connectivity index (χ0n) is 10.2. The third-order valence-corrected chi connectivity index (χ3v) is 4.36. The highest BCUT2D eigenvalue weighted by atomic mass is 16.5. The molecular weight excluding hydrogens is 186 g/mol. The van der Waals surface area contributed by atoms with Crippen LogP contribution >= 0.6 is 0 Å². The Morgan fingerprint density at radius 2 is 2.13 bits per heavy atom. The van der Waals surface area contributed by atoms with Crippen molar-refractivity contribution in [3.8, 4) is 0 Å². The van der Waals surface area contributed by atoms with Crippen LogP contribution < -0.4 is 5.73 Å². The lowest BCUT2D eigenvalue weighted by atomic mass is 9.73. The normalized spacial score (nSPS) is 39.0. The molecule has 0 aromatic rings. The lowest BCUT2D eigenvalue weighted by Gasteiger charge is -2.43. The van der Waals surface area contributed by atoms with Gasteiger partial charge in [0, 0.05) is 13.2 Å². The highest BCUT2D eigenvalue weighted by Gasteiger charge is 2.42. The molecular formula is C13H25NO. The zero-order valence-corrected chi connectivity index (χ0v) is 10.2. The molecule has 88 valence electrons. The first-order valence-electron chi connectivity index (χ1n) is 6.47. The Morgan fingerprint density at radius 1 is 1.40 bits per heavy atom. The molecule has 0 aromatic carbocycles. The van der Waals surface area contributed by atoms with Gasteiger partial charge in [-0.15, -0.1) is 0 Å². The standard InChI is InChI=1S/C13H25NO/c1-10-4-3-7-13(9-10,15-2)12(14)8-11-5-6-11/h10-12H,3-9,14H2,1-2H3. The topological polar surface area (TPSA) is 35.2 Å². The quantitative estimate of drug-likeness (QED) is 0.776. The van der Waals surface area contributed by atoms with E-state index < -0.39 is 0 Å². The molecule has 2 fully saturated rings. The van der Waals surface area contributed by atoms with Gasteiger partial charge in [-0.2, -0.15) is 0 Å². The fraction of sp³-hybridized carbons (Fsp3) is 1.00. The van der Waals surface area contributed by atoms with Crippen molar-refractivity contribution in [2.24, 2.45) is 17.6 Å². The van der Waals surface area contributed by atoms with Crippen molar-refractivity contribution >= 4 is 0 Å². The van der Waals surface area contributed by atoms with Crippen LogP contribution in [0.15, 0.2) is 0 Å². The van der Waals surface area contributed by atoms with Crippen LogP contribution in [0.2, 0.25) is 0 Å². The van der Waals surface area contributed by atoms with E-state index >= 15 is 0 Å². The maximum atomic E-state index is 6.37. The molecule has 0 aliphatic heterocycles. The van der Waals surface area contributed by atoms with Gasteiger partial charge in [-0.25, -0.2) is 0 Å². The molecule has 3 atom stereocenters. The summed E-state index contributed by atoms with van der Waals surface area (Å²) in [6, 6.07) is 0.262. The Bertz CT molecular complexity index is 215. The summed E-state index contributed by atoms with van der Waals surface area (Å²) in [5, 5.41) is 0. The number of nitrogens with two attached hydrogens (primary N) is 1. The van der Waals surface area contributed by atoms with Gasteiger partial charge in [0.1, 0.15) is 0 Å². The van der Waals surface area contributed by atoms with E-state index in [0.29, 0.717) is 0 Å². The average Bonchev–Trinajstić information content (AvgIpc) is 3.01. The molecule has 2 saturated carbocycles. The lowest BCUT2D eigenvalue weighted by Crippen LogP contribution is -2.52. The van der Waals surface area contributed by atoms with Crippen LogP contribution in [0.3, 0.4) is 0 Å². The van der Waals surface area contributed by atoms with Gasteiger partial charge < -0.3 is 10.5 Å². The van der Waals surface area contributed by atoms with E-state index in [2.05, 4.69) is 6.92 Å². The summed E-state index contributed by atoms with van der Waals surface area (Å²) in [5.74, 6) is 1.69. The first kappa shape index (κ1) is 11.4. The van der Waals surface area contributed by atoms with Gasteiger partial charge in [0.05, 0.1) is 5.60 Å². The molecule has 0 bridgehead atoms. The van der Waals surface area contributed by atoms with Gasteiger partial charge in [-0.05, 0) is 31.1 Å². The molecule has 3 unspecified atom stereocenters. The van der Waals surface area contributed by atoms with Crippen molar-refractivity contribution in [1.29, 1.82) is 0 Å². The van der Waals surface area contributed by atoms with Crippen molar-refractivity contribution in [2.75, 3.05) is 7.11 Å². The Hall–Kier alpha value is -0.0800. The van der Waals surface area contributed by atoms with Gasteiger partial charge in [-0.1, -0.05) is 32.6 Å². The fourth-order valence-electron chi connectivity index (χ4n) is 3.14. The van der Waals surface area contributed by atoms with Gasteiger partial charge >= 0.3 is 0 Å². The summed E-state index contributed by atoms with van der Waals surface area (Å²) in [5.41, 5.74) is 6.37. The Balaban J connectivity index is 1.97. The van der Waals surface area contributed by atoms with E-state index in [1.807, 2.05) is 7.11 Å². The van der Waals surface area contributed by atoms with Crippen molar-refractivity contribution in [3.63, 3.8) is 0 Å². The summed E-state index contributed by atoms with van der Waals surface area (Å²) in [6.07, 6.45) is 8.93. The smallest absolute Gasteiger partial charge is 0.0831 e. The molecule has 0 spiro atoms. The molecule has 0 amide bonds. The minimum atomic E-state index is 0.000255. The summed E-state index contributed by atoms with van der Waals surface area (Å²) in [7, 11) is 1.85. The highest BCUT2D eigenvalue weighted by Crippen LogP contribution is 2.41. The van der Waals surface area contributed by atoms with Crippen LogP contribution in [-0.4, -0.2) is 18.8 Å². The first-order chi connectivity index (χ1) is 7.16. The average molecular weight is 211 g/mol. The van der Waals surface area contributed by atoms with E-state index in [1.54, 1.807) is 0 Å². The van der Waals surface area contributed by atoms with Crippen molar-refractivity contribution in [3.05, 3.63) is 0 Å². The monoisotopic (exact) mass is 211 g/mol. The summed E-state index contributed by atoms with van der Waals surface area (Å²) in [4.78, 5) is 0. The highest BCUT2D eigenvalue weighted by molar-refractivity contribution is 4.97. The minimum Gasteiger partial charge on any atom is -0.377 e.